The summed E-state index contributed by atoms with van der Waals surface area (Å²) in [6.07, 6.45) is 2.53. The van der Waals surface area contributed by atoms with E-state index in [0.29, 0.717) is 6.61 Å². The highest BCUT2D eigenvalue weighted by Gasteiger charge is 2.55. The van der Waals surface area contributed by atoms with Crippen molar-refractivity contribution in [3.63, 3.8) is 0 Å². The molecule has 1 aliphatic carbocycles. The van der Waals surface area contributed by atoms with Crippen molar-refractivity contribution in [2.75, 3.05) is 20.3 Å². The Labute approximate surface area is 118 Å². The number of esters is 1. The molecule has 2 aromatic heterocycles. The summed E-state index contributed by atoms with van der Waals surface area (Å²) in [5.74, 6) is 0.877. The summed E-state index contributed by atoms with van der Waals surface area (Å²) in [5.41, 5.74) is -0.538. The van der Waals surface area contributed by atoms with Gasteiger partial charge in [0, 0.05) is 12.5 Å². The van der Waals surface area contributed by atoms with Gasteiger partial charge in [0.15, 0.2) is 5.82 Å². The first-order valence-electron chi connectivity index (χ1n) is 6.63. The van der Waals surface area contributed by atoms with Crippen molar-refractivity contribution in [2.24, 2.45) is 0 Å². The van der Waals surface area contributed by atoms with Crippen molar-refractivity contribution in [3.05, 3.63) is 10.8 Å². The molecule has 2 aromatic rings. The molecule has 1 aliphatic heterocycles. The van der Waals surface area contributed by atoms with Crippen LogP contribution in [-0.4, -0.2) is 46.1 Å². The quantitative estimate of drug-likeness (QED) is 0.782. The van der Waals surface area contributed by atoms with Gasteiger partial charge in [0.1, 0.15) is 10.4 Å². The van der Waals surface area contributed by atoms with Crippen LogP contribution in [0.15, 0.2) is 0 Å². The Morgan fingerprint density at radius 1 is 1.50 bits per heavy atom. The average molecular weight is 294 g/mol. The Morgan fingerprint density at radius 3 is 3.00 bits per heavy atom. The van der Waals surface area contributed by atoms with Gasteiger partial charge in [0.25, 0.3) is 0 Å². The Balaban J connectivity index is 1.75. The zero-order valence-electron chi connectivity index (χ0n) is 11.0. The molecule has 1 unspecified atom stereocenters. The predicted octanol–water partition coefficient (Wildman–Crippen LogP) is 0.894. The van der Waals surface area contributed by atoms with Crippen LogP contribution < -0.4 is 0 Å². The SMILES string of the molecule is COC(=O)C1(c2nn3c(C4CCOC4)nnc3s2)CC1. The van der Waals surface area contributed by atoms with E-state index in [4.69, 9.17) is 9.47 Å². The first-order chi connectivity index (χ1) is 9.74. The van der Waals surface area contributed by atoms with Crippen molar-refractivity contribution in [1.29, 1.82) is 0 Å². The van der Waals surface area contributed by atoms with Gasteiger partial charge >= 0.3 is 5.97 Å². The smallest absolute Gasteiger partial charge is 0.318 e. The molecule has 1 saturated heterocycles. The highest BCUT2D eigenvalue weighted by molar-refractivity contribution is 7.17. The lowest BCUT2D eigenvalue weighted by molar-refractivity contribution is -0.143. The zero-order valence-corrected chi connectivity index (χ0v) is 11.9. The van der Waals surface area contributed by atoms with E-state index in [1.165, 1.54) is 18.4 Å². The summed E-state index contributed by atoms with van der Waals surface area (Å²) in [6.45, 7) is 1.42. The topological polar surface area (TPSA) is 78.6 Å². The molecule has 0 radical (unpaired) electrons. The van der Waals surface area contributed by atoms with E-state index < -0.39 is 5.41 Å². The molecule has 4 rings (SSSR count). The molecule has 106 valence electrons. The van der Waals surface area contributed by atoms with Gasteiger partial charge in [-0.15, -0.1) is 10.2 Å². The molecule has 20 heavy (non-hydrogen) atoms. The van der Waals surface area contributed by atoms with Gasteiger partial charge in [0.2, 0.25) is 4.96 Å². The molecule has 0 spiro atoms. The molecular weight excluding hydrogens is 280 g/mol. The van der Waals surface area contributed by atoms with Crippen LogP contribution >= 0.6 is 11.3 Å². The monoisotopic (exact) mass is 294 g/mol. The van der Waals surface area contributed by atoms with Crippen LogP contribution in [0.3, 0.4) is 0 Å². The fourth-order valence-electron chi connectivity index (χ4n) is 2.64. The number of carbonyl (C=O) groups excluding carboxylic acids is 1. The summed E-state index contributed by atoms with van der Waals surface area (Å²) < 4.78 is 12.1. The Morgan fingerprint density at radius 2 is 2.35 bits per heavy atom. The third-order valence-electron chi connectivity index (χ3n) is 4.05. The molecule has 0 N–H and O–H groups in total. The summed E-state index contributed by atoms with van der Waals surface area (Å²) in [4.78, 5) is 12.6. The standard InChI is InChI=1S/C12H14N4O3S/c1-18-10(17)12(3-4-12)9-15-16-8(7-2-5-19-6-7)13-14-11(16)20-9/h7H,2-6H2,1H3. The zero-order chi connectivity index (χ0) is 13.7. The number of hydrogen-bond acceptors (Lipinski definition) is 7. The van der Waals surface area contributed by atoms with Gasteiger partial charge < -0.3 is 9.47 Å². The third kappa shape index (κ3) is 1.61. The van der Waals surface area contributed by atoms with E-state index in [9.17, 15) is 4.79 Å². The van der Waals surface area contributed by atoms with Crippen LogP contribution in [0.2, 0.25) is 0 Å². The van der Waals surface area contributed by atoms with E-state index in [-0.39, 0.29) is 11.9 Å². The van der Waals surface area contributed by atoms with Crippen LogP contribution in [0.5, 0.6) is 0 Å². The molecule has 1 atom stereocenters. The Bertz CT molecular complexity index is 669. The largest absolute Gasteiger partial charge is 0.468 e. The van der Waals surface area contributed by atoms with Gasteiger partial charge in [0.05, 0.1) is 13.7 Å². The molecule has 2 aliphatic rings. The number of ether oxygens (including phenoxy) is 2. The molecule has 2 fully saturated rings. The minimum atomic E-state index is -0.538. The lowest BCUT2D eigenvalue weighted by Crippen LogP contribution is -2.22. The molecule has 8 heteroatoms. The molecule has 0 amide bonds. The predicted molar refractivity (Wildman–Crippen MR) is 69.8 cm³/mol. The van der Waals surface area contributed by atoms with Crippen molar-refractivity contribution in [1.82, 2.24) is 19.8 Å². The van der Waals surface area contributed by atoms with Crippen LogP contribution in [-0.2, 0) is 19.7 Å². The second-order valence-corrected chi connectivity index (χ2v) is 6.25. The van der Waals surface area contributed by atoms with Gasteiger partial charge in [-0.05, 0) is 19.3 Å². The average Bonchev–Trinajstić information content (AvgIpc) is 2.86. The highest BCUT2D eigenvalue weighted by atomic mass is 32.1. The van der Waals surface area contributed by atoms with Crippen molar-refractivity contribution < 1.29 is 14.3 Å². The van der Waals surface area contributed by atoms with Crippen molar-refractivity contribution >= 4 is 22.3 Å². The van der Waals surface area contributed by atoms with Crippen molar-refractivity contribution in [2.45, 2.75) is 30.6 Å². The number of carbonyl (C=O) groups is 1. The number of aromatic nitrogens is 4. The second-order valence-electron chi connectivity index (χ2n) is 5.29. The summed E-state index contributed by atoms with van der Waals surface area (Å²) in [7, 11) is 1.42. The highest BCUT2D eigenvalue weighted by Crippen LogP contribution is 2.50. The van der Waals surface area contributed by atoms with Gasteiger partial charge in [-0.1, -0.05) is 11.3 Å². The third-order valence-corrected chi connectivity index (χ3v) is 5.15. The number of nitrogens with zero attached hydrogens (tertiary/aromatic N) is 4. The van der Waals surface area contributed by atoms with Crippen LogP contribution in [0.25, 0.3) is 4.96 Å². The summed E-state index contributed by atoms with van der Waals surface area (Å²) in [6, 6.07) is 0. The lowest BCUT2D eigenvalue weighted by Gasteiger charge is -2.07. The Kier molecular flexibility index (Phi) is 2.58. The minimum Gasteiger partial charge on any atom is -0.468 e. The number of methoxy groups -OCH3 is 1. The van der Waals surface area contributed by atoms with E-state index in [1.54, 1.807) is 4.52 Å². The van der Waals surface area contributed by atoms with Crippen LogP contribution in [0.1, 0.15) is 36.0 Å². The molecule has 1 saturated carbocycles. The fraction of sp³-hybridized carbons (Fsp3) is 0.667. The maximum atomic E-state index is 11.9. The molecule has 0 aromatic carbocycles. The van der Waals surface area contributed by atoms with E-state index in [1.807, 2.05) is 0 Å². The number of fused-ring (bicyclic) bond motifs is 1. The number of hydrogen-bond donors (Lipinski definition) is 0. The first kappa shape index (κ1) is 12.2. The van der Waals surface area contributed by atoms with Crippen LogP contribution in [0.4, 0.5) is 0 Å². The number of rotatable bonds is 3. The molecule has 7 nitrogen and oxygen atoms in total. The summed E-state index contributed by atoms with van der Waals surface area (Å²) >= 11 is 1.43. The van der Waals surface area contributed by atoms with E-state index in [0.717, 1.165) is 41.7 Å². The van der Waals surface area contributed by atoms with E-state index in [2.05, 4.69) is 15.3 Å². The molecule has 3 heterocycles. The lowest BCUT2D eigenvalue weighted by atomic mass is 10.1. The fourth-order valence-corrected chi connectivity index (χ4v) is 3.72. The first-order valence-corrected chi connectivity index (χ1v) is 7.45. The van der Waals surface area contributed by atoms with Crippen molar-refractivity contribution in [3.8, 4) is 0 Å². The van der Waals surface area contributed by atoms with Gasteiger partial charge in [-0.25, -0.2) is 0 Å². The molecular formula is C12H14N4O3S. The second kappa shape index (κ2) is 4.23. The normalized spacial score (nSPS) is 24.1. The van der Waals surface area contributed by atoms with Crippen LogP contribution in [0, 0.1) is 0 Å². The summed E-state index contributed by atoms with van der Waals surface area (Å²) in [5, 5.41) is 13.7. The van der Waals surface area contributed by atoms with E-state index >= 15 is 0 Å². The maximum absolute atomic E-state index is 11.9. The maximum Gasteiger partial charge on any atom is 0.318 e. The van der Waals surface area contributed by atoms with Gasteiger partial charge in [-0.3, -0.25) is 4.79 Å². The Hall–Kier alpha value is -1.54. The minimum absolute atomic E-state index is 0.201. The molecule has 0 bridgehead atoms. The van der Waals surface area contributed by atoms with Gasteiger partial charge in [-0.2, -0.15) is 9.61 Å².